The fraction of sp³-hybridized carbons (Fsp3) is 0.333. The molecule has 2 aromatic rings. The second-order valence-corrected chi connectivity index (χ2v) is 6.84. The highest BCUT2D eigenvalue weighted by molar-refractivity contribution is 6.00. The molecule has 1 atom stereocenters. The lowest BCUT2D eigenvalue weighted by Crippen LogP contribution is -2.44. The number of nitrogens with zero attached hydrogens (tertiary/aromatic N) is 2. The Labute approximate surface area is 173 Å². The lowest BCUT2D eigenvalue weighted by atomic mass is 9.96. The highest BCUT2D eigenvalue weighted by atomic mass is 16.6. The Bertz CT molecular complexity index is 989. The Morgan fingerprint density at radius 2 is 1.83 bits per heavy atom. The number of rotatable bonds is 6. The molecule has 0 aliphatic carbocycles. The van der Waals surface area contributed by atoms with E-state index < -0.39 is 29.1 Å². The SMILES string of the molecule is COc1cc(C(=O)OCC(=O)N2c3ccccc3CCC2C)c([N+](=O)[O-])cc1OC. The van der Waals surface area contributed by atoms with Crippen molar-refractivity contribution in [3.8, 4) is 11.5 Å². The molecule has 1 unspecified atom stereocenters. The lowest BCUT2D eigenvalue weighted by molar-refractivity contribution is -0.385. The summed E-state index contributed by atoms with van der Waals surface area (Å²) in [6, 6.07) is 9.76. The average Bonchev–Trinajstić information content (AvgIpc) is 2.75. The zero-order valence-electron chi connectivity index (χ0n) is 16.9. The van der Waals surface area contributed by atoms with Crippen LogP contribution in [0, 0.1) is 10.1 Å². The number of ether oxygens (including phenoxy) is 3. The minimum absolute atomic E-state index is 0.0541. The van der Waals surface area contributed by atoms with Crippen LogP contribution in [0.3, 0.4) is 0 Å². The van der Waals surface area contributed by atoms with E-state index >= 15 is 0 Å². The van der Waals surface area contributed by atoms with Gasteiger partial charge in [-0.2, -0.15) is 0 Å². The number of hydrogen-bond acceptors (Lipinski definition) is 7. The number of aryl methyl sites for hydroxylation is 1. The van der Waals surface area contributed by atoms with E-state index in [0.29, 0.717) is 0 Å². The molecular weight excluding hydrogens is 392 g/mol. The predicted molar refractivity (Wildman–Crippen MR) is 108 cm³/mol. The largest absolute Gasteiger partial charge is 0.493 e. The summed E-state index contributed by atoms with van der Waals surface area (Å²) in [5, 5.41) is 11.4. The number of hydrogen-bond donors (Lipinski definition) is 0. The van der Waals surface area contributed by atoms with Gasteiger partial charge in [-0.25, -0.2) is 4.79 Å². The van der Waals surface area contributed by atoms with E-state index in [1.807, 2.05) is 31.2 Å². The van der Waals surface area contributed by atoms with E-state index in [9.17, 15) is 19.7 Å². The van der Waals surface area contributed by atoms with Crippen LogP contribution in [0.5, 0.6) is 11.5 Å². The van der Waals surface area contributed by atoms with E-state index in [1.54, 1.807) is 4.90 Å². The van der Waals surface area contributed by atoms with Gasteiger partial charge >= 0.3 is 5.97 Å². The molecule has 9 nitrogen and oxygen atoms in total. The maximum absolute atomic E-state index is 12.8. The number of carbonyl (C=O) groups excluding carboxylic acids is 2. The molecule has 1 aliphatic heterocycles. The number of carbonyl (C=O) groups is 2. The summed E-state index contributed by atoms with van der Waals surface area (Å²) in [5.74, 6) is -1.14. The zero-order chi connectivity index (χ0) is 21.8. The zero-order valence-corrected chi connectivity index (χ0v) is 16.9. The van der Waals surface area contributed by atoms with Gasteiger partial charge in [-0.05, 0) is 31.4 Å². The van der Waals surface area contributed by atoms with Gasteiger partial charge in [-0.1, -0.05) is 18.2 Å². The van der Waals surface area contributed by atoms with Gasteiger partial charge in [0.15, 0.2) is 18.1 Å². The van der Waals surface area contributed by atoms with Crippen LogP contribution in [0.4, 0.5) is 11.4 Å². The monoisotopic (exact) mass is 414 g/mol. The number of methoxy groups -OCH3 is 2. The molecule has 0 radical (unpaired) electrons. The third kappa shape index (κ3) is 4.05. The molecule has 9 heteroatoms. The Kier molecular flexibility index (Phi) is 6.20. The Balaban J connectivity index is 1.81. The van der Waals surface area contributed by atoms with Gasteiger partial charge in [-0.15, -0.1) is 0 Å². The molecule has 2 aromatic carbocycles. The molecule has 30 heavy (non-hydrogen) atoms. The summed E-state index contributed by atoms with van der Waals surface area (Å²) in [7, 11) is 2.67. The standard InChI is InChI=1S/C21H22N2O7/c1-13-8-9-14-6-4-5-7-16(14)22(13)20(24)12-30-21(25)15-10-18(28-2)19(29-3)11-17(15)23(26)27/h4-7,10-11,13H,8-9,12H2,1-3H3. The van der Waals surface area contributed by atoms with Crippen molar-refractivity contribution in [2.75, 3.05) is 25.7 Å². The van der Waals surface area contributed by atoms with E-state index in [1.165, 1.54) is 20.3 Å². The topological polar surface area (TPSA) is 108 Å². The second kappa shape index (κ2) is 8.81. The molecule has 0 aromatic heterocycles. The number of fused-ring (bicyclic) bond motifs is 1. The van der Waals surface area contributed by atoms with Crippen LogP contribution in [0.25, 0.3) is 0 Å². The molecule has 0 bridgehead atoms. The van der Waals surface area contributed by atoms with Crippen LogP contribution in [0.15, 0.2) is 36.4 Å². The molecule has 3 rings (SSSR count). The first-order chi connectivity index (χ1) is 14.4. The summed E-state index contributed by atoms with van der Waals surface area (Å²) in [6.07, 6.45) is 1.65. The van der Waals surface area contributed by atoms with Crippen molar-refractivity contribution in [2.24, 2.45) is 0 Å². The Morgan fingerprint density at radius 1 is 1.17 bits per heavy atom. The summed E-state index contributed by atoms with van der Waals surface area (Å²) in [5.41, 5.74) is 1.01. The van der Waals surface area contributed by atoms with Crippen LogP contribution >= 0.6 is 0 Å². The summed E-state index contributed by atoms with van der Waals surface area (Å²) >= 11 is 0. The normalized spacial score (nSPS) is 15.2. The van der Waals surface area contributed by atoms with Crippen molar-refractivity contribution >= 4 is 23.3 Å². The fourth-order valence-corrected chi connectivity index (χ4v) is 3.53. The molecule has 1 aliphatic rings. The van der Waals surface area contributed by atoms with Gasteiger partial charge in [0.25, 0.3) is 11.6 Å². The molecule has 0 saturated heterocycles. The van der Waals surface area contributed by atoms with Crippen LogP contribution < -0.4 is 14.4 Å². The first-order valence-electron chi connectivity index (χ1n) is 9.34. The molecule has 158 valence electrons. The van der Waals surface area contributed by atoms with Gasteiger partial charge in [0, 0.05) is 17.8 Å². The number of esters is 1. The third-order valence-electron chi connectivity index (χ3n) is 5.04. The van der Waals surface area contributed by atoms with E-state index in [-0.39, 0.29) is 23.1 Å². The quantitative estimate of drug-likeness (QED) is 0.406. The van der Waals surface area contributed by atoms with Gasteiger partial charge in [0.1, 0.15) is 5.56 Å². The summed E-state index contributed by atoms with van der Waals surface area (Å²) < 4.78 is 15.3. The number of amides is 1. The minimum Gasteiger partial charge on any atom is -0.493 e. The van der Waals surface area contributed by atoms with E-state index in [0.717, 1.165) is 30.2 Å². The van der Waals surface area contributed by atoms with Gasteiger partial charge in [-0.3, -0.25) is 14.9 Å². The number of nitro benzene ring substituents is 1. The average molecular weight is 414 g/mol. The Hall–Kier alpha value is -3.62. The van der Waals surface area contributed by atoms with Crippen LogP contribution in [0.2, 0.25) is 0 Å². The molecule has 0 fully saturated rings. The Morgan fingerprint density at radius 3 is 2.50 bits per heavy atom. The van der Waals surface area contributed by atoms with E-state index in [2.05, 4.69) is 0 Å². The summed E-state index contributed by atoms with van der Waals surface area (Å²) in [6.45, 7) is 1.39. The number of anilines is 1. The van der Waals surface area contributed by atoms with Gasteiger partial charge < -0.3 is 19.1 Å². The van der Waals surface area contributed by atoms with Crippen LogP contribution in [-0.2, 0) is 16.0 Å². The molecule has 1 heterocycles. The molecule has 0 saturated carbocycles. The van der Waals surface area contributed by atoms with Crippen LogP contribution in [-0.4, -0.2) is 43.7 Å². The predicted octanol–water partition coefficient (Wildman–Crippen LogP) is 3.14. The van der Waals surface area contributed by atoms with Gasteiger partial charge in [0.05, 0.1) is 25.2 Å². The van der Waals surface area contributed by atoms with Crippen molar-refractivity contribution in [3.63, 3.8) is 0 Å². The van der Waals surface area contributed by atoms with Crippen molar-refractivity contribution in [1.82, 2.24) is 0 Å². The van der Waals surface area contributed by atoms with Crippen LogP contribution in [0.1, 0.15) is 29.3 Å². The highest BCUT2D eigenvalue weighted by Gasteiger charge is 2.30. The number of para-hydroxylation sites is 1. The first-order valence-corrected chi connectivity index (χ1v) is 9.34. The van der Waals surface area contributed by atoms with Crippen molar-refractivity contribution < 1.29 is 28.7 Å². The molecule has 0 spiro atoms. The lowest BCUT2D eigenvalue weighted by Gasteiger charge is -2.35. The maximum atomic E-state index is 12.8. The molecular formula is C21H22N2O7. The second-order valence-electron chi connectivity index (χ2n) is 6.84. The van der Waals surface area contributed by atoms with Crippen molar-refractivity contribution in [2.45, 2.75) is 25.8 Å². The van der Waals surface area contributed by atoms with E-state index in [4.69, 9.17) is 14.2 Å². The molecule has 1 amide bonds. The molecule has 0 N–H and O–H groups in total. The first kappa shape index (κ1) is 21.1. The fourth-order valence-electron chi connectivity index (χ4n) is 3.53. The summed E-state index contributed by atoms with van der Waals surface area (Å²) in [4.78, 5) is 37.7. The highest BCUT2D eigenvalue weighted by Crippen LogP contribution is 2.35. The smallest absolute Gasteiger partial charge is 0.345 e. The third-order valence-corrected chi connectivity index (χ3v) is 5.04. The van der Waals surface area contributed by atoms with Crippen molar-refractivity contribution in [1.29, 1.82) is 0 Å². The van der Waals surface area contributed by atoms with Gasteiger partial charge in [0.2, 0.25) is 0 Å². The number of benzene rings is 2. The minimum atomic E-state index is -0.992. The maximum Gasteiger partial charge on any atom is 0.345 e. The number of nitro groups is 1. The van der Waals surface area contributed by atoms with Crippen molar-refractivity contribution in [3.05, 3.63) is 57.6 Å².